The lowest BCUT2D eigenvalue weighted by atomic mass is 10.1. The summed E-state index contributed by atoms with van der Waals surface area (Å²) in [7, 11) is -1.71. The van der Waals surface area contributed by atoms with Crippen LogP contribution in [0.1, 0.15) is 5.56 Å². The molecule has 0 saturated carbocycles. The Labute approximate surface area is 195 Å². The Morgan fingerprint density at radius 2 is 1.71 bits per heavy atom. The minimum Gasteiger partial charge on any atom is -0.363 e. The molecule has 5 rings (SSSR count). The first-order valence-electron chi connectivity index (χ1n) is 10.2. The number of nitrogens with one attached hydrogen (secondary N) is 1. The predicted molar refractivity (Wildman–Crippen MR) is 126 cm³/mol. The van der Waals surface area contributed by atoms with Gasteiger partial charge >= 0.3 is 0 Å². The second-order valence-electron chi connectivity index (χ2n) is 7.45. The molecule has 3 heterocycles. The van der Waals surface area contributed by atoms with Gasteiger partial charge in [0.2, 0.25) is 0 Å². The number of hydrogen-bond donors (Lipinski definition) is 2. The van der Waals surface area contributed by atoms with Crippen molar-refractivity contribution in [2.45, 2.75) is 11.4 Å². The first-order valence-corrected chi connectivity index (χ1v) is 11.5. The molecule has 1 atom stereocenters. The highest BCUT2D eigenvalue weighted by Gasteiger charge is 2.18. The summed E-state index contributed by atoms with van der Waals surface area (Å²) in [6, 6.07) is 16.9. The van der Waals surface area contributed by atoms with Crippen molar-refractivity contribution in [2.75, 3.05) is 5.32 Å². The number of pyridine rings is 1. The van der Waals surface area contributed by atoms with Crippen LogP contribution in [-0.2, 0) is 17.5 Å². The van der Waals surface area contributed by atoms with E-state index in [2.05, 4.69) is 20.5 Å². The van der Waals surface area contributed by atoms with Gasteiger partial charge in [-0.15, -0.1) is 10.2 Å². The molecule has 0 saturated heterocycles. The number of nitrogens with zero attached hydrogens (tertiary/aromatic N) is 4. The molecule has 3 N–H and O–H groups in total. The quantitative estimate of drug-likeness (QED) is 0.380. The molecule has 0 bridgehead atoms. The number of aromatic nitrogens is 4. The Balaban J connectivity index is 1.66. The van der Waals surface area contributed by atoms with E-state index in [0.717, 1.165) is 11.1 Å². The van der Waals surface area contributed by atoms with Crippen LogP contribution in [0.2, 0.25) is 0 Å². The van der Waals surface area contributed by atoms with E-state index < -0.39 is 22.6 Å². The van der Waals surface area contributed by atoms with Gasteiger partial charge < -0.3 is 5.32 Å². The molecule has 1 unspecified atom stereocenters. The van der Waals surface area contributed by atoms with Gasteiger partial charge in [-0.1, -0.05) is 36.4 Å². The summed E-state index contributed by atoms with van der Waals surface area (Å²) in [5.41, 5.74) is 2.91. The van der Waals surface area contributed by atoms with Crippen LogP contribution < -0.4 is 10.5 Å². The van der Waals surface area contributed by atoms with E-state index in [4.69, 9.17) is 5.14 Å². The van der Waals surface area contributed by atoms with Crippen molar-refractivity contribution in [1.29, 1.82) is 0 Å². The highest BCUT2D eigenvalue weighted by molar-refractivity contribution is 7.82. The average molecular weight is 477 g/mol. The number of rotatable bonds is 6. The van der Waals surface area contributed by atoms with Crippen LogP contribution in [0.5, 0.6) is 0 Å². The highest BCUT2D eigenvalue weighted by Crippen LogP contribution is 2.33. The topological polar surface area (TPSA) is 98.2 Å². The Hall–Kier alpha value is -4.02. The molecule has 2 aromatic carbocycles. The highest BCUT2D eigenvalue weighted by atomic mass is 32.2. The molecule has 0 radical (unpaired) electrons. The van der Waals surface area contributed by atoms with Crippen molar-refractivity contribution in [3.8, 4) is 22.5 Å². The summed E-state index contributed by atoms with van der Waals surface area (Å²) >= 11 is 0. The van der Waals surface area contributed by atoms with Crippen molar-refractivity contribution >= 4 is 22.3 Å². The molecular weight excluding hydrogens is 458 g/mol. The Kier molecular flexibility index (Phi) is 5.83. The molecule has 0 amide bonds. The van der Waals surface area contributed by atoms with E-state index in [1.165, 1.54) is 24.4 Å². The Morgan fingerprint density at radius 1 is 0.941 bits per heavy atom. The van der Waals surface area contributed by atoms with Crippen LogP contribution in [0.25, 0.3) is 28.0 Å². The molecule has 5 aromatic rings. The van der Waals surface area contributed by atoms with E-state index in [9.17, 15) is 13.0 Å². The van der Waals surface area contributed by atoms with E-state index in [1.807, 2.05) is 42.6 Å². The second kappa shape index (κ2) is 9.08. The van der Waals surface area contributed by atoms with Gasteiger partial charge in [-0.3, -0.25) is 9.38 Å². The minimum atomic E-state index is -1.71. The molecule has 0 fully saturated rings. The monoisotopic (exact) mass is 476 g/mol. The lowest BCUT2D eigenvalue weighted by Crippen LogP contribution is -2.10. The maximum absolute atomic E-state index is 14.2. The Morgan fingerprint density at radius 3 is 2.44 bits per heavy atom. The van der Waals surface area contributed by atoms with E-state index in [-0.39, 0.29) is 12.1 Å². The van der Waals surface area contributed by atoms with Crippen LogP contribution >= 0.6 is 0 Å². The lowest BCUT2D eigenvalue weighted by Gasteiger charge is -2.13. The third-order valence-corrected chi connectivity index (χ3v) is 6.05. The van der Waals surface area contributed by atoms with Gasteiger partial charge in [-0.05, 0) is 29.8 Å². The zero-order valence-electron chi connectivity index (χ0n) is 17.7. The molecule has 3 aromatic heterocycles. The summed E-state index contributed by atoms with van der Waals surface area (Å²) in [6.45, 7) is -0.120. The van der Waals surface area contributed by atoms with Gasteiger partial charge in [0.25, 0.3) is 0 Å². The molecule has 34 heavy (non-hydrogen) atoms. The fraction of sp³-hybridized carbons (Fsp3) is 0.0417. The van der Waals surface area contributed by atoms with Gasteiger partial charge in [0, 0.05) is 41.8 Å². The molecule has 10 heteroatoms. The van der Waals surface area contributed by atoms with Gasteiger partial charge in [-0.2, -0.15) is 0 Å². The lowest BCUT2D eigenvalue weighted by molar-refractivity contribution is 0.560. The first-order chi connectivity index (χ1) is 16.5. The summed E-state index contributed by atoms with van der Waals surface area (Å²) in [6.07, 6.45) is 4.82. The number of nitrogens with two attached hydrogens (primary N) is 1. The van der Waals surface area contributed by atoms with Crippen LogP contribution in [0.3, 0.4) is 0 Å². The van der Waals surface area contributed by atoms with E-state index in [1.54, 1.807) is 16.7 Å². The zero-order valence-corrected chi connectivity index (χ0v) is 18.5. The molecule has 170 valence electrons. The number of halogens is 2. The van der Waals surface area contributed by atoms with E-state index >= 15 is 0 Å². The molecule has 0 aliphatic carbocycles. The number of anilines is 1. The molecule has 0 aliphatic rings. The van der Waals surface area contributed by atoms with Crippen molar-refractivity contribution in [1.82, 2.24) is 19.6 Å². The summed E-state index contributed by atoms with van der Waals surface area (Å²) in [5.74, 6) is -0.504. The third kappa shape index (κ3) is 4.04. The maximum atomic E-state index is 14.2. The zero-order chi connectivity index (χ0) is 23.7. The van der Waals surface area contributed by atoms with Crippen LogP contribution in [-0.4, -0.2) is 23.8 Å². The van der Waals surface area contributed by atoms with Crippen molar-refractivity contribution in [3.05, 3.63) is 96.5 Å². The predicted octanol–water partition coefficient (Wildman–Crippen LogP) is 4.33. The summed E-state index contributed by atoms with van der Waals surface area (Å²) in [5, 5.41) is 17.2. The number of hydrogen-bond acceptors (Lipinski definition) is 5. The number of fused-ring (bicyclic) bond motifs is 1. The maximum Gasteiger partial charge on any atom is 0.174 e. The normalized spacial score (nSPS) is 12.1. The Bertz CT molecular complexity index is 1500. The second-order valence-corrected chi connectivity index (χ2v) is 8.51. The van der Waals surface area contributed by atoms with Crippen molar-refractivity contribution < 1.29 is 13.0 Å². The van der Waals surface area contributed by atoms with Gasteiger partial charge in [0.1, 0.15) is 22.6 Å². The van der Waals surface area contributed by atoms with Crippen molar-refractivity contribution in [2.24, 2.45) is 5.14 Å². The minimum absolute atomic E-state index is 0.0957. The molecule has 7 nitrogen and oxygen atoms in total. The van der Waals surface area contributed by atoms with E-state index in [0.29, 0.717) is 27.6 Å². The first kappa shape index (κ1) is 21.8. The largest absolute Gasteiger partial charge is 0.363 e. The fourth-order valence-electron chi connectivity index (χ4n) is 3.73. The standard InChI is InChI=1S/C24H18F2N6OS/c25-20-7-4-8-21(26)19(20)14-29-23-22-18(15-5-2-1-3-6-15)9-10-32(22)24(31-30-23)16-11-17(34(27)33)13-28-12-16/h1-13H,14,27H2,(H,29,30). The molecule has 0 spiro atoms. The van der Waals surface area contributed by atoms with Crippen LogP contribution in [0.15, 0.2) is 84.1 Å². The fourth-order valence-corrected chi connectivity index (χ4v) is 4.14. The summed E-state index contributed by atoms with van der Waals surface area (Å²) in [4.78, 5) is 4.47. The van der Waals surface area contributed by atoms with Crippen LogP contribution in [0.4, 0.5) is 14.6 Å². The third-order valence-electron chi connectivity index (χ3n) is 5.37. The van der Waals surface area contributed by atoms with Crippen LogP contribution in [0, 0.1) is 11.6 Å². The smallest absolute Gasteiger partial charge is 0.174 e. The van der Waals surface area contributed by atoms with Gasteiger partial charge in [0.15, 0.2) is 11.6 Å². The average Bonchev–Trinajstić information content (AvgIpc) is 3.30. The molecule has 0 aliphatic heterocycles. The number of benzene rings is 2. The summed E-state index contributed by atoms with van der Waals surface area (Å²) < 4.78 is 41.9. The molecular formula is C24H18F2N6OS. The SMILES string of the molecule is NS(=O)c1cncc(-c2nnc(NCc3c(F)cccc3F)c3c(-c4ccccc4)ccn23)c1. The van der Waals surface area contributed by atoms with Crippen molar-refractivity contribution in [3.63, 3.8) is 0 Å². The van der Waals surface area contributed by atoms with Gasteiger partial charge in [-0.25, -0.2) is 18.1 Å². The van der Waals surface area contributed by atoms with Gasteiger partial charge in [0.05, 0.1) is 10.4 Å².